The molecule has 6 heteroatoms. The van der Waals surface area contributed by atoms with Crippen molar-refractivity contribution in [3.05, 3.63) is 56.9 Å². The van der Waals surface area contributed by atoms with Gasteiger partial charge in [0, 0.05) is 39.3 Å². The van der Waals surface area contributed by atoms with Crippen molar-refractivity contribution in [2.75, 3.05) is 33.2 Å². The molecular formula is C20H26BrN3O2. The second-order valence-corrected chi connectivity index (χ2v) is 7.78. The number of furan rings is 1. The van der Waals surface area contributed by atoms with Gasteiger partial charge in [0.25, 0.3) is 5.91 Å². The molecule has 1 N–H and O–H groups in total. The van der Waals surface area contributed by atoms with Gasteiger partial charge in [-0.2, -0.15) is 0 Å². The van der Waals surface area contributed by atoms with Crippen LogP contribution in [0.25, 0.3) is 0 Å². The molecule has 1 aromatic carbocycles. The Kier molecular flexibility index (Phi) is 6.16. The van der Waals surface area contributed by atoms with Gasteiger partial charge in [-0.1, -0.05) is 24.3 Å². The molecule has 3 rings (SSSR count). The maximum atomic E-state index is 12.4. The summed E-state index contributed by atoms with van der Waals surface area (Å²) in [6, 6.07) is 8.49. The van der Waals surface area contributed by atoms with E-state index in [2.05, 4.69) is 62.4 Å². The van der Waals surface area contributed by atoms with Crippen LogP contribution in [-0.2, 0) is 13.1 Å². The van der Waals surface area contributed by atoms with E-state index in [1.165, 1.54) is 5.56 Å². The minimum atomic E-state index is -0.118. The van der Waals surface area contributed by atoms with Crippen molar-refractivity contribution in [2.24, 2.45) is 0 Å². The lowest BCUT2D eigenvalue weighted by Gasteiger charge is -2.32. The van der Waals surface area contributed by atoms with Crippen LogP contribution in [0.3, 0.4) is 0 Å². The van der Waals surface area contributed by atoms with Crippen LogP contribution in [0.2, 0.25) is 0 Å². The minimum Gasteiger partial charge on any atom is -0.465 e. The smallest absolute Gasteiger partial charge is 0.256 e. The molecule has 5 nitrogen and oxygen atoms in total. The van der Waals surface area contributed by atoms with Gasteiger partial charge >= 0.3 is 0 Å². The van der Waals surface area contributed by atoms with Crippen molar-refractivity contribution < 1.29 is 9.21 Å². The summed E-state index contributed by atoms with van der Waals surface area (Å²) in [6.07, 6.45) is 0. The van der Waals surface area contributed by atoms with Gasteiger partial charge in [0.1, 0.15) is 11.5 Å². The fourth-order valence-corrected chi connectivity index (χ4v) is 3.75. The molecule has 0 radical (unpaired) electrons. The maximum absolute atomic E-state index is 12.4. The number of nitrogens with one attached hydrogen (secondary N) is 1. The number of halogens is 1. The lowest BCUT2D eigenvalue weighted by molar-refractivity contribution is 0.0948. The molecule has 2 heterocycles. The highest BCUT2D eigenvalue weighted by Crippen LogP contribution is 2.27. The normalized spacial score (nSPS) is 16.0. The van der Waals surface area contributed by atoms with E-state index < -0.39 is 0 Å². The SMILES string of the molecule is Cc1oc(C)c(C(=O)NCc2ccc(CN3CCN(C)CC3)cc2)c1Br. The molecule has 26 heavy (non-hydrogen) atoms. The second kappa shape index (κ2) is 8.37. The Balaban J connectivity index is 1.53. The van der Waals surface area contributed by atoms with E-state index in [0.29, 0.717) is 17.9 Å². The summed E-state index contributed by atoms with van der Waals surface area (Å²) in [5.41, 5.74) is 2.98. The number of hydrogen-bond donors (Lipinski definition) is 1. The number of carbonyl (C=O) groups excluding carboxylic acids is 1. The van der Waals surface area contributed by atoms with Crippen LogP contribution >= 0.6 is 15.9 Å². The standard InChI is InChI=1S/C20H26BrN3O2/c1-14-18(19(21)15(2)26-14)20(25)22-12-16-4-6-17(7-5-16)13-24-10-8-23(3)9-11-24/h4-7H,8-13H2,1-3H3,(H,22,25). The van der Waals surface area contributed by atoms with Crippen LogP contribution in [0.1, 0.15) is 33.0 Å². The van der Waals surface area contributed by atoms with E-state index in [0.717, 1.165) is 48.5 Å². The number of hydrogen-bond acceptors (Lipinski definition) is 4. The largest absolute Gasteiger partial charge is 0.465 e. The Morgan fingerprint density at radius 1 is 1.08 bits per heavy atom. The van der Waals surface area contributed by atoms with Gasteiger partial charge < -0.3 is 14.6 Å². The first-order valence-electron chi connectivity index (χ1n) is 8.96. The number of piperazine rings is 1. The Hall–Kier alpha value is -1.63. The Bertz CT molecular complexity index is 762. The maximum Gasteiger partial charge on any atom is 0.256 e. The monoisotopic (exact) mass is 419 g/mol. The highest BCUT2D eigenvalue weighted by atomic mass is 79.9. The zero-order chi connectivity index (χ0) is 18.7. The number of rotatable bonds is 5. The topological polar surface area (TPSA) is 48.7 Å². The molecule has 1 aliphatic rings. The number of aryl methyl sites for hydroxylation is 2. The average molecular weight is 420 g/mol. The molecule has 1 aromatic heterocycles. The molecule has 0 spiro atoms. The minimum absolute atomic E-state index is 0.118. The molecule has 2 aromatic rings. The highest BCUT2D eigenvalue weighted by Gasteiger charge is 2.19. The molecule has 0 aliphatic carbocycles. The first-order chi connectivity index (χ1) is 12.4. The van der Waals surface area contributed by atoms with Crippen molar-refractivity contribution in [2.45, 2.75) is 26.9 Å². The van der Waals surface area contributed by atoms with Crippen LogP contribution in [-0.4, -0.2) is 48.9 Å². The third-order valence-corrected chi connectivity index (χ3v) is 5.85. The van der Waals surface area contributed by atoms with Crippen LogP contribution in [0.4, 0.5) is 0 Å². The quantitative estimate of drug-likeness (QED) is 0.806. The fourth-order valence-electron chi connectivity index (χ4n) is 3.21. The Morgan fingerprint density at radius 3 is 2.27 bits per heavy atom. The molecule has 0 unspecified atom stereocenters. The molecule has 1 fully saturated rings. The highest BCUT2D eigenvalue weighted by molar-refractivity contribution is 9.10. The number of carbonyl (C=O) groups is 1. The van der Waals surface area contributed by atoms with E-state index in [1.807, 2.05) is 6.92 Å². The van der Waals surface area contributed by atoms with Gasteiger partial charge in [0.05, 0.1) is 10.0 Å². The first-order valence-corrected chi connectivity index (χ1v) is 9.75. The van der Waals surface area contributed by atoms with Gasteiger partial charge in [-0.3, -0.25) is 9.69 Å². The number of likely N-dealkylation sites (N-methyl/N-ethyl adjacent to an activating group) is 1. The third kappa shape index (κ3) is 4.55. The summed E-state index contributed by atoms with van der Waals surface area (Å²) in [4.78, 5) is 17.3. The van der Waals surface area contributed by atoms with Crippen molar-refractivity contribution >= 4 is 21.8 Å². The van der Waals surface area contributed by atoms with Crippen LogP contribution in [0.15, 0.2) is 33.2 Å². The van der Waals surface area contributed by atoms with Gasteiger partial charge in [-0.15, -0.1) is 0 Å². The average Bonchev–Trinajstić information content (AvgIpc) is 2.88. The summed E-state index contributed by atoms with van der Waals surface area (Å²) >= 11 is 3.43. The van der Waals surface area contributed by atoms with Gasteiger partial charge in [0.15, 0.2) is 0 Å². The van der Waals surface area contributed by atoms with E-state index in [1.54, 1.807) is 6.92 Å². The summed E-state index contributed by atoms with van der Waals surface area (Å²) < 4.78 is 6.23. The van der Waals surface area contributed by atoms with Crippen molar-refractivity contribution in [1.29, 1.82) is 0 Å². The fraction of sp³-hybridized carbons (Fsp3) is 0.450. The van der Waals surface area contributed by atoms with Crippen LogP contribution < -0.4 is 5.32 Å². The summed E-state index contributed by atoms with van der Waals surface area (Å²) in [5, 5.41) is 2.97. The second-order valence-electron chi connectivity index (χ2n) is 6.98. The molecule has 1 amide bonds. The van der Waals surface area contributed by atoms with Crippen molar-refractivity contribution in [3.63, 3.8) is 0 Å². The molecule has 0 saturated carbocycles. The van der Waals surface area contributed by atoms with Gasteiger partial charge in [-0.25, -0.2) is 0 Å². The molecule has 0 bridgehead atoms. The first kappa shape index (κ1) is 19.1. The summed E-state index contributed by atoms with van der Waals surface area (Å²) in [5.74, 6) is 1.24. The zero-order valence-corrected chi connectivity index (χ0v) is 17.2. The van der Waals surface area contributed by atoms with Gasteiger partial charge in [-0.05, 0) is 48.0 Å². The summed E-state index contributed by atoms with van der Waals surface area (Å²) in [6.45, 7) is 9.63. The molecule has 0 atom stereocenters. The van der Waals surface area contributed by atoms with E-state index >= 15 is 0 Å². The van der Waals surface area contributed by atoms with Crippen molar-refractivity contribution in [1.82, 2.24) is 15.1 Å². The summed E-state index contributed by atoms with van der Waals surface area (Å²) in [7, 11) is 2.17. The van der Waals surface area contributed by atoms with Crippen molar-refractivity contribution in [3.8, 4) is 0 Å². The van der Waals surface area contributed by atoms with Gasteiger partial charge in [0.2, 0.25) is 0 Å². The molecular weight excluding hydrogens is 394 g/mol. The predicted octanol–water partition coefficient (Wildman–Crippen LogP) is 3.34. The zero-order valence-electron chi connectivity index (χ0n) is 15.6. The molecule has 1 aliphatic heterocycles. The molecule has 140 valence electrons. The predicted molar refractivity (Wildman–Crippen MR) is 106 cm³/mol. The van der Waals surface area contributed by atoms with E-state index in [4.69, 9.17) is 4.42 Å². The van der Waals surface area contributed by atoms with Crippen LogP contribution in [0, 0.1) is 13.8 Å². The Labute approximate surface area is 163 Å². The number of nitrogens with zero attached hydrogens (tertiary/aromatic N) is 2. The number of amides is 1. The number of benzene rings is 1. The van der Waals surface area contributed by atoms with E-state index in [9.17, 15) is 4.79 Å². The third-order valence-electron chi connectivity index (χ3n) is 4.89. The molecule has 1 saturated heterocycles. The van der Waals surface area contributed by atoms with Crippen LogP contribution in [0.5, 0.6) is 0 Å². The lowest BCUT2D eigenvalue weighted by atomic mass is 10.1. The lowest BCUT2D eigenvalue weighted by Crippen LogP contribution is -2.43. The van der Waals surface area contributed by atoms with E-state index in [-0.39, 0.29) is 5.91 Å². The Morgan fingerprint density at radius 2 is 1.69 bits per heavy atom.